The van der Waals surface area contributed by atoms with Crippen LogP contribution < -0.4 is 27.2 Å². The maximum atomic E-state index is 13.4. The molecule has 1 amide bonds. The maximum absolute atomic E-state index is 13.4. The number of nitrogens with one attached hydrogen (secondary N) is 2. The van der Waals surface area contributed by atoms with Crippen LogP contribution >= 0.6 is 11.6 Å². The lowest BCUT2D eigenvalue weighted by atomic mass is 9.73. The van der Waals surface area contributed by atoms with Crippen molar-refractivity contribution in [2.45, 2.75) is 31.9 Å². The highest BCUT2D eigenvalue weighted by molar-refractivity contribution is 6.35. The fourth-order valence-electron chi connectivity index (χ4n) is 5.40. The number of halogens is 1. The van der Waals surface area contributed by atoms with E-state index in [9.17, 15) is 14.4 Å². The first-order chi connectivity index (χ1) is 19.3. The summed E-state index contributed by atoms with van der Waals surface area (Å²) in [7, 11) is 0. The van der Waals surface area contributed by atoms with Gasteiger partial charge in [-0.25, -0.2) is 24.3 Å². The van der Waals surface area contributed by atoms with Gasteiger partial charge in [0.25, 0.3) is 11.5 Å². The van der Waals surface area contributed by atoms with Crippen LogP contribution in [-0.2, 0) is 4.74 Å². The molecule has 4 aromatic rings. The minimum atomic E-state index is -0.746. The molecule has 1 spiro atoms. The Morgan fingerprint density at radius 3 is 2.70 bits per heavy atom. The van der Waals surface area contributed by atoms with Gasteiger partial charge in [-0.1, -0.05) is 17.7 Å². The number of nitrogens with two attached hydrogens (primary N) is 1. The molecule has 0 radical (unpaired) electrons. The molecule has 14 heteroatoms. The number of fused-ring (bicyclic) bond motifs is 1. The number of H-pyrrole nitrogens is 1. The predicted octanol–water partition coefficient (Wildman–Crippen LogP) is 1.50. The molecule has 0 aliphatic carbocycles. The number of anilines is 2. The third-order valence-corrected chi connectivity index (χ3v) is 8.18. The summed E-state index contributed by atoms with van der Waals surface area (Å²) in [5.74, 6) is 0.00772. The number of hydrogen-bond donors (Lipinski definition) is 3. The van der Waals surface area contributed by atoms with Crippen LogP contribution in [0.5, 0.6) is 0 Å². The fourth-order valence-corrected chi connectivity index (χ4v) is 5.65. The Morgan fingerprint density at radius 1 is 1.20 bits per heavy atom. The Morgan fingerprint density at radius 2 is 2.00 bits per heavy atom. The van der Waals surface area contributed by atoms with E-state index in [2.05, 4.69) is 35.1 Å². The number of amides is 1. The van der Waals surface area contributed by atoms with Crippen LogP contribution in [-0.4, -0.2) is 67.2 Å². The van der Waals surface area contributed by atoms with Crippen molar-refractivity contribution < 1.29 is 9.53 Å². The van der Waals surface area contributed by atoms with E-state index in [4.69, 9.17) is 22.1 Å². The number of aromatic amines is 1. The van der Waals surface area contributed by atoms with Crippen molar-refractivity contribution in [2.75, 3.05) is 29.9 Å². The first-order valence-electron chi connectivity index (χ1n) is 12.8. The van der Waals surface area contributed by atoms with Gasteiger partial charge in [-0.2, -0.15) is 0 Å². The summed E-state index contributed by atoms with van der Waals surface area (Å²) in [6.07, 6.45) is 7.38. The lowest BCUT2D eigenvalue weighted by Crippen LogP contribution is -2.50. The predicted molar refractivity (Wildman–Crippen MR) is 148 cm³/mol. The van der Waals surface area contributed by atoms with Crippen LogP contribution in [0.15, 0.2) is 52.6 Å². The first kappa shape index (κ1) is 26.0. The molecule has 2 saturated heterocycles. The number of rotatable bonds is 4. The van der Waals surface area contributed by atoms with E-state index in [1.165, 1.54) is 30.9 Å². The molecule has 2 fully saturated rings. The molecule has 40 heavy (non-hydrogen) atoms. The van der Waals surface area contributed by atoms with E-state index in [1.807, 2.05) is 6.92 Å². The SMILES string of the molecule is C[C@@H]1OCC2(CCN(c3cnc4c(=O)n(-c5cccc(NC(=O)c6cnccn6)c5Cl)c(=O)[nH]c4n3)CC2)[C@@H]1N. The molecule has 2 atom stereocenters. The smallest absolute Gasteiger partial charge is 0.334 e. The van der Waals surface area contributed by atoms with Gasteiger partial charge in [0.2, 0.25) is 0 Å². The molecule has 206 valence electrons. The minimum Gasteiger partial charge on any atom is -0.376 e. The molecule has 6 rings (SSSR count). The fraction of sp³-hybridized carbons (Fsp3) is 0.346. The third kappa shape index (κ3) is 4.41. The Labute approximate surface area is 232 Å². The highest BCUT2D eigenvalue weighted by Crippen LogP contribution is 2.41. The quantitative estimate of drug-likeness (QED) is 0.330. The second-order valence-electron chi connectivity index (χ2n) is 10.1. The molecule has 0 saturated carbocycles. The average molecular weight is 564 g/mol. The Bertz CT molecular complexity index is 1720. The number of benzene rings is 1. The van der Waals surface area contributed by atoms with Crippen molar-refractivity contribution >= 4 is 40.2 Å². The van der Waals surface area contributed by atoms with Crippen molar-refractivity contribution in [1.29, 1.82) is 0 Å². The summed E-state index contributed by atoms with van der Waals surface area (Å²) in [4.78, 5) is 60.5. The van der Waals surface area contributed by atoms with Gasteiger partial charge in [-0.15, -0.1) is 0 Å². The number of carbonyl (C=O) groups excluding carboxylic acids is 1. The van der Waals surface area contributed by atoms with Crippen LogP contribution in [0.25, 0.3) is 16.9 Å². The van der Waals surface area contributed by atoms with Crippen LogP contribution in [0, 0.1) is 5.41 Å². The van der Waals surface area contributed by atoms with Gasteiger partial charge in [0.1, 0.15) is 11.5 Å². The Kier molecular flexibility index (Phi) is 6.56. The standard InChI is InChI=1S/C26H26ClN9O4/c1-14-21(28)26(13-40-14)5-9-35(10-6-26)18-12-31-20-22(33-18)34-25(39)36(24(20)38)17-4-2-3-15(19(17)27)32-23(37)16-11-29-7-8-30-16/h2-4,7-8,11-12,14,21H,5-6,9-10,13,28H2,1H3,(H,32,37)(H,33,34,39)/t14-,21+/m0/s1. The molecule has 3 aromatic heterocycles. The zero-order chi connectivity index (χ0) is 28.0. The number of piperidine rings is 1. The molecular weight excluding hydrogens is 538 g/mol. The van der Waals surface area contributed by atoms with Gasteiger partial charge in [0.15, 0.2) is 11.2 Å². The lowest BCUT2D eigenvalue weighted by molar-refractivity contribution is 0.0974. The van der Waals surface area contributed by atoms with E-state index in [0.717, 1.165) is 17.4 Å². The van der Waals surface area contributed by atoms with Crippen molar-refractivity contribution in [1.82, 2.24) is 29.5 Å². The first-order valence-corrected chi connectivity index (χ1v) is 13.2. The molecule has 0 bridgehead atoms. The van der Waals surface area contributed by atoms with Crippen LogP contribution in [0.1, 0.15) is 30.3 Å². The van der Waals surface area contributed by atoms with Crippen LogP contribution in [0.2, 0.25) is 5.02 Å². The van der Waals surface area contributed by atoms with Gasteiger partial charge >= 0.3 is 5.69 Å². The normalized spacial score (nSPS) is 20.2. The Hall–Kier alpha value is -4.20. The second kappa shape index (κ2) is 10.1. The zero-order valence-electron chi connectivity index (χ0n) is 21.5. The van der Waals surface area contributed by atoms with Crippen molar-refractivity contribution in [3.8, 4) is 5.69 Å². The summed E-state index contributed by atoms with van der Waals surface area (Å²) in [5, 5.41) is 2.62. The molecule has 4 N–H and O–H groups in total. The molecule has 2 aliphatic heterocycles. The summed E-state index contributed by atoms with van der Waals surface area (Å²) >= 11 is 6.54. The van der Waals surface area contributed by atoms with E-state index < -0.39 is 17.2 Å². The highest BCUT2D eigenvalue weighted by Gasteiger charge is 2.47. The second-order valence-corrected chi connectivity index (χ2v) is 10.4. The van der Waals surface area contributed by atoms with Crippen molar-refractivity contribution in [3.63, 3.8) is 0 Å². The zero-order valence-corrected chi connectivity index (χ0v) is 22.3. The van der Waals surface area contributed by atoms with E-state index >= 15 is 0 Å². The molecule has 13 nitrogen and oxygen atoms in total. The van der Waals surface area contributed by atoms with Gasteiger partial charge in [-0.05, 0) is 31.9 Å². The number of aromatic nitrogens is 6. The van der Waals surface area contributed by atoms with E-state index in [-0.39, 0.29) is 50.8 Å². The van der Waals surface area contributed by atoms with E-state index in [0.29, 0.717) is 25.5 Å². The largest absolute Gasteiger partial charge is 0.376 e. The topological polar surface area (TPSA) is 174 Å². The minimum absolute atomic E-state index is 0.0121. The molecule has 5 heterocycles. The van der Waals surface area contributed by atoms with Gasteiger partial charge < -0.3 is 20.7 Å². The molecule has 1 aromatic carbocycles. The summed E-state index contributed by atoms with van der Waals surface area (Å²) in [5.41, 5.74) is 5.32. The maximum Gasteiger partial charge on any atom is 0.334 e. The monoisotopic (exact) mass is 563 g/mol. The van der Waals surface area contributed by atoms with Gasteiger partial charge in [-0.3, -0.25) is 19.6 Å². The van der Waals surface area contributed by atoms with Crippen molar-refractivity contribution in [3.05, 3.63) is 74.5 Å². The number of nitrogens with zero attached hydrogens (tertiary/aromatic N) is 6. The van der Waals surface area contributed by atoms with Crippen LogP contribution in [0.3, 0.4) is 0 Å². The van der Waals surface area contributed by atoms with Crippen LogP contribution in [0.4, 0.5) is 11.5 Å². The molecule has 2 aliphatic rings. The van der Waals surface area contributed by atoms with Gasteiger partial charge in [0.05, 0.1) is 41.5 Å². The lowest BCUT2D eigenvalue weighted by Gasteiger charge is -2.41. The number of ether oxygens (including phenoxy) is 1. The summed E-state index contributed by atoms with van der Waals surface area (Å²) < 4.78 is 6.67. The molecule has 0 unspecified atom stereocenters. The summed E-state index contributed by atoms with van der Waals surface area (Å²) in [6, 6.07) is 4.58. The molecular formula is C26H26ClN9O4. The third-order valence-electron chi connectivity index (χ3n) is 7.79. The number of hydrogen-bond acceptors (Lipinski definition) is 10. The van der Waals surface area contributed by atoms with Gasteiger partial charge in [0, 0.05) is 36.9 Å². The Balaban J connectivity index is 1.29. The van der Waals surface area contributed by atoms with Crippen molar-refractivity contribution in [2.24, 2.45) is 11.1 Å². The average Bonchev–Trinajstić information content (AvgIpc) is 3.23. The highest BCUT2D eigenvalue weighted by atomic mass is 35.5. The summed E-state index contributed by atoms with van der Waals surface area (Å²) in [6.45, 7) is 4.05. The van der Waals surface area contributed by atoms with E-state index in [1.54, 1.807) is 12.1 Å². The number of carbonyl (C=O) groups is 1.